The quantitative estimate of drug-likeness (QED) is 0.831. The zero-order valence-corrected chi connectivity index (χ0v) is 13.4. The first kappa shape index (κ1) is 15.8. The molecule has 2 unspecified atom stereocenters. The molecule has 0 bridgehead atoms. The van der Waals surface area contributed by atoms with E-state index in [9.17, 15) is 5.11 Å². The minimum atomic E-state index is -0.523. The lowest BCUT2D eigenvalue weighted by molar-refractivity contribution is 0.0571. The fourth-order valence-electron chi connectivity index (χ4n) is 2.17. The SMILES string of the molecule is Cc1ccc(OCC(O)CNC2CCCOC2)c(Br)c1. The molecule has 20 heavy (non-hydrogen) atoms. The fraction of sp³-hybridized carbons (Fsp3) is 0.600. The molecule has 4 nitrogen and oxygen atoms in total. The highest BCUT2D eigenvalue weighted by Gasteiger charge is 2.15. The Morgan fingerprint density at radius 2 is 2.40 bits per heavy atom. The lowest BCUT2D eigenvalue weighted by Gasteiger charge is -2.24. The van der Waals surface area contributed by atoms with Crippen molar-refractivity contribution in [1.82, 2.24) is 5.32 Å². The first-order valence-corrected chi connectivity index (χ1v) is 7.82. The summed E-state index contributed by atoms with van der Waals surface area (Å²) >= 11 is 3.46. The van der Waals surface area contributed by atoms with E-state index in [-0.39, 0.29) is 6.61 Å². The summed E-state index contributed by atoms with van der Waals surface area (Å²) in [6.45, 7) is 4.42. The van der Waals surface area contributed by atoms with Crippen LogP contribution in [0.15, 0.2) is 22.7 Å². The average Bonchev–Trinajstić information content (AvgIpc) is 2.45. The second kappa shape index (κ2) is 7.98. The van der Waals surface area contributed by atoms with Crippen molar-refractivity contribution in [3.63, 3.8) is 0 Å². The Hall–Kier alpha value is -0.620. The summed E-state index contributed by atoms with van der Waals surface area (Å²) in [6.07, 6.45) is 1.67. The minimum absolute atomic E-state index is 0.280. The second-order valence-corrected chi connectivity index (χ2v) is 6.08. The number of benzene rings is 1. The van der Waals surface area contributed by atoms with Crippen molar-refractivity contribution in [2.45, 2.75) is 31.9 Å². The minimum Gasteiger partial charge on any atom is -0.490 e. The van der Waals surface area contributed by atoms with E-state index in [1.54, 1.807) is 0 Å². The third-order valence-electron chi connectivity index (χ3n) is 3.32. The number of nitrogens with one attached hydrogen (secondary N) is 1. The van der Waals surface area contributed by atoms with Crippen LogP contribution in [0.1, 0.15) is 18.4 Å². The van der Waals surface area contributed by atoms with Crippen LogP contribution in [0.3, 0.4) is 0 Å². The van der Waals surface area contributed by atoms with Gasteiger partial charge in [-0.25, -0.2) is 0 Å². The standard InChI is InChI=1S/C15H22BrNO3/c1-11-4-5-15(14(16)7-11)20-10-13(18)8-17-12-3-2-6-19-9-12/h4-5,7,12-13,17-18H,2-3,6,8-10H2,1H3. The van der Waals surface area contributed by atoms with Gasteiger partial charge in [0.2, 0.25) is 0 Å². The highest BCUT2D eigenvalue weighted by Crippen LogP contribution is 2.25. The Balaban J connectivity index is 1.70. The summed E-state index contributed by atoms with van der Waals surface area (Å²) in [5.74, 6) is 0.760. The van der Waals surface area contributed by atoms with E-state index in [4.69, 9.17) is 9.47 Å². The predicted octanol–water partition coefficient (Wildman–Crippen LogP) is 2.27. The molecule has 1 aromatic rings. The van der Waals surface area contributed by atoms with Gasteiger partial charge in [0.25, 0.3) is 0 Å². The highest BCUT2D eigenvalue weighted by atomic mass is 79.9. The van der Waals surface area contributed by atoms with Gasteiger partial charge < -0.3 is 19.9 Å². The van der Waals surface area contributed by atoms with Gasteiger partial charge >= 0.3 is 0 Å². The smallest absolute Gasteiger partial charge is 0.133 e. The molecule has 2 rings (SSSR count). The monoisotopic (exact) mass is 343 g/mol. The van der Waals surface area contributed by atoms with Gasteiger partial charge in [-0.05, 0) is 53.4 Å². The molecule has 0 radical (unpaired) electrons. The molecule has 0 saturated carbocycles. The topological polar surface area (TPSA) is 50.7 Å². The summed E-state index contributed by atoms with van der Waals surface area (Å²) in [5.41, 5.74) is 1.17. The Bertz CT molecular complexity index is 422. The van der Waals surface area contributed by atoms with Gasteiger partial charge in [0.1, 0.15) is 18.5 Å². The van der Waals surface area contributed by atoms with Crippen LogP contribution in [0.25, 0.3) is 0 Å². The Morgan fingerprint density at radius 1 is 1.55 bits per heavy atom. The number of halogens is 1. The van der Waals surface area contributed by atoms with Crippen molar-refractivity contribution in [3.05, 3.63) is 28.2 Å². The van der Waals surface area contributed by atoms with Crippen LogP contribution >= 0.6 is 15.9 Å². The molecule has 0 spiro atoms. The van der Waals surface area contributed by atoms with E-state index in [0.29, 0.717) is 12.6 Å². The van der Waals surface area contributed by atoms with Gasteiger partial charge in [-0.15, -0.1) is 0 Å². The normalized spacial score (nSPS) is 20.6. The number of rotatable bonds is 6. The summed E-state index contributed by atoms with van der Waals surface area (Å²) in [7, 11) is 0. The zero-order chi connectivity index (χ0) is 14.4. The first-order valence-electron chi connectivity index (χ1n) is 7.03. The lowest BCUT2D eigenvalue weighted by atomic mass is 10.1. The van der Waals surface area contributed by atoms with E-state index in [1.165, 1.54) is 5.56 Å². The van der Waals surface area contributed by atoms with Crippen LogP contribution in [-0.2, 0) is 4.74 Å². The Labute approximate surface area is 128 Å². The molecular weight excluding hydrogens is 322 g/mol. The van der Waals surface area contributed by atoms with Crippen LogP contribution in [0.4, 0.5) is 0 Å². The molecule has 0 amide bonds. The van der Waals surface area contributed by atoms with E-state index >= 15 is 0 Å². The van der Waals surface area contributed by atoms with E-state index in [0.717, 1.165) is 36.3 Å². The fourth-order valence-corrected chi connectivity index (χ4v) is 2.78. The van der Waals surface area contributed by atoms with Crippen molar-refractivity contribution in [2.24, 2.45) is 0 Å². The van der Waals surface area contributed by atoms with Gasteiger partial charge in [0, 0.05) is 19.2 Å². The third-order valence-corrected chi connectivity index (χ3v) is 3.94. The van der Waals surface area contributed by atoms with Gasteiger partial charge in [-0.3, -0.25) is 0 Å². The van der Waals surface area contributed by atoms with Crippen molar-refractivity contribution >= 4 is 15.9 Å². The van der Waals surface area contributed by atoms with Crippen molar-refractivity contribution < 1.29 is 14.6 Å². The molecular formula is C15H22BrNO3. The van der Waals surface area contributed by atoms with Crippen LogP contribution in [0.5, 0.6) is 5.75 Å². The van der Waals surface area contributed by atoms with Crippen LogP contribution in [0, 0.1) is 6.92 Å². The summed E-state index contributed by atoms with van der Waals surface area (Å²) in [5, 5.41) is 13.3. The maximum absolute atomic E-state index is 9.94. The van der Waals surface area contributed by atoms with Crippen molar-refractivity contribution in [2.75, 3.05) is 26.4 Å². The summed E-state index contributed by atoms with van der Waals surface area (Å²) in [6, 6.07) is 6.25. The molecule has 0 aromatic heterocycles. The van der Waals surface area contributed by atoms with Gasteiger partial charge in [0.05, 0.1) is 11.1 Å². The maximum Gasteiger partial charge on any atom is 0.133 e. The molecule has 1 saturated heterocycles. The maximum atomic E-state index is 9.94. The van der Waals surface area contributed by atoms with Gasteiger partial charge in [-0.1, -0.05) is 6.07 Å². The Morgan fingerprint density at radius 3 is 3.10 bits per heavy atom. The lowest BCUT2D eigenvalue weighted by Crippen LogP contribution is -2.42. The molecule has 112 valence electrons. The Kier molecular flexibility index (Phi) is 6.29. The van der Waals surface area contributed by atoms with Gasteiger partial charge in [0.15, 0.2) is 0 Å². The molecule has 2 N–H and O–H groups in total. The van der Waals surface area contributed by atoms with E-state index in [2.05, 4.69) is 21.2 Å². The molecule has 5 heteroatoms. The van der Waals surface area contributed by atoms with E-state index < -0.39 is 6.10 Å². The van der Waals surface area contributed by atoms with Crippen molar-refractivity contribution in [3.8, 4) is 5.75 Å². The number of aryl methyl sites for hydroxylation is 1. The molecule has 1 aliphatic heterocycles. The number of ether oxygens (including phenoxy) is 2. The highest BCUT2D eigenvalue weighted by molar-refractivity contribution is 9.10. The summed E-state index contributed by atoms with van der Waals surface area (Å²) in [4.78, 5) is 0. The second-order valence-electron chi connectivity index (χ2n) is 5.22. The zero-order valence-electron chi connectivity index (χ0n) is 11.8. The molecule has 2 atom stereocenters. The predicted molar refractivity (Wildman–Crippen MR) is 82.2 cm³/mol. The third kappa shape index (κ3) is 5.05. The van der Waals surface area contributed by atoms with Crippen LogP contribution < -0.4 is 10.1 Å². The number of hydrogen-bond acceptors (Lipinski definition) is 4. The first-order chi connectivity index (χ1) is 9.65. The average molecular weight is 344 g/mol. The van der Waals surface area contributed by atoms with Crippen LogP contribution in [-0.4, -0.2) is 43.6 Å². The van der Waals surface area contributed by atoms with Crippen LogP contribution in [0.2, 0.25) is 0 Å². The summed E-state index contributed by atoms with van der Waals surface area (Å²) < 4.78 is 11.9. The molecule has 0 aliphatic carbocycles. The van der Waals surface area contributed by atoms with Crippen molar-refractivity contribution in [1.29, 1.82) is 0 Å². The number of aliphatic hydroxyl groups is 1. The number of hydrogen-bond donors (Lipinski definition) is 2. The van der Waals surface area contributed by atoms with Gasteiger partial charge in [-0.2, -0.15) is 0 Å². The largest absolute Gasteiger partial charge is 0.490 e. The molecule has 1 aromatic carbocycles. The molecule has 1 fully saturated rings. The molecule has 1 aliphatic rings. The van der Waals surface area contributed by atoms with E-state index in [1.807, 2.05) is 25.1 Å². The number of aliphatic hydroxyl groups excluding tert-OH is 1. The molecule has 1 heterocycles.